The monoisotopic (exact) mass is 349 g/mol. The van der Waals surface area contributed by atoms with Crippen LogP contribution in [-0.2, 0) is 6.54 Å². The molecule has 0 aliphatic heterocycles. The fourth-order valence-electron chi connectivity index (χ4n) is 2.76. The Kier molecular flexibility index (Phi) is 5.13. The molecule has 2 aromatic heterocycles. The molecule has 0 spiro atoms. The molecule has 26 heavy (non-hydrogen) atoms. The molecule has 7 heteroatoms. The van der Waals surface area contributed by atoms with Gasteiger partial charge in [-0.05, 0) is 42.7 Å². The number of benzene rings is 1. The molecule has 3 aromatic rings. The number of aromatic nitrogens is 2. The van der Waals surface area contributed by atoms with Gasteiger partial charge in [0, 0.05) is 29.8 Å². The highest BCUT2D eigenvalue weighted by Gasteiger charge is 2.11. The van der Waals surface area contributed by atoms with Crippen LogP contribution in [0, 0.1) is 11.3 Å². The molecule has 0 bridgehead atoms. The Balaban J connectivity index is 1.80. The van der Waals surface area contributed by atoms with Crippen molar-refractivity contribution in [1.82, 2.24) is 9.55 Å². The van der Waals surface area contributed by atoms with Crippen LogP contribution in [0.2, 0.25) is 0 Å². The molecule has 132 valence electrons. The maximum Gasteiger partial charge on any atom is 0.309 e. The molecule has 1 amide bonds. The number of aryl methyl sites for hydroxylation is 1. The summed E-state index contributed by atoms with van der Waals surface area (Å²) in [6.45, 7) is 5.37. The summed E-state index contributed by atoms with van der Waals surface area (Å²) in [5.74, 6) is 0.750. The van der Waals surface area contributed by atoms with E-state index in [0.717, 1.165) is 29.6 Å². The van der Waals surface area contributed by atoms with Gasteiger partial charge in [0.2, 0.25) is 5.82 Å². The molecule has 0 atom stereocenters. The van der Waals surface area contributed by atoms with E-state index < -0.39 is 0 Å². The van der Waals surface area contributed by atoms with E-state index in [-0.39, 0.29) is 5.91 Å². The highest BCUT2D eigenvalue weighted by molar-refractivity contribution is 6.08. The molecule has 0 saturated carbocycles. The van der Waals surface area contributed by atoms with Crippen molar-refractivity contribution in [3.8, 4) is 0 Å². The number of anilines is 2. The third kappa shape index (κ3) is 3.81. The Hall–Kier alpha value is -3.40. The second-order valence-electron chi connectivity index (χ2n) is 6.53. The fraction of sp³-hybridized carbons (Fsp3) is 0.263. The summed E-state index contributed by atoms with van der Waals surface area (Å²) >= 11 is 0. The lowest BCUT2D eigenvalue weighted by molar-refractivity contribution is 0.102. The summed E-state index contributed by atoms with van der Waals surface area (Å²) in [6, 6.07) is 11.1. The number of amides is 1. The maximum absolute atomic E-state index is 12.5. The fourth-order valence-corrected chi connectivity index (χ4v) is 2.76. The van der Waals surface area contributed by atoms with Crippen molar-refractivity contribution in [2.45, 2.75) is 26.8 Å². The van der Waals surface area contributed by atoms with Crippen LogP contribution in [0.5, 0.6) is 0 Å². The first-order chi connectivity index (χ1) is 12.6. The summed E-state index contributed by atoms with van der Waals surface area (Å²) in [4.78, 5) is 16.5. The molecule has 0 aliphatic carbocycles. The van der Waals surface area contributed by atoms with E-state index in [2.05, 4.69) is 51.5 Å². The number of hydrogen-bond acceptors (Lipinski definition) is 4. The highest BCUT2D eigenvalue weighted by Crippen LogP contribution is 2.25. The van der Waals surface area contributed by atoms with E-state index >= 15 is 0 Å². The Bertz CT molecular complexity index is 952. The first-order valence-electron chi connectivity index (χ1n) is 8.54. The first-order valence-corrected chi connectivity index (χ1v) is 8.54. The number of carbonyl (C=O) groups excluding carboxylic acids is 1. The topological polar surface area (TPSA) is 87.1 Å². The van der Waals surface area contributed by atoms with Crippen molar-refractivity contribution in [1.29, 1.82) is 5.39 Å². The zero-order chi connectivity index (χ0) is 18.5. The highest BCUT2D eigenvalue weighted by atomic mass is 16.1. The van der Waals surface area contributed by atoms with Gasteiger partial charge in [0.1, 0.15) is 0 Å². The number of nitrogens with zero attached hydrogens (tertiary/aromatic N) is 4. The van der Waals surface area contributed by atoms with Gasteiger partial charge in [-0.15, -0.1) is 0 Å². The van der Waals surface area contributed by atoms with E-state index in [1.165, 1.54) is 6.20 Å². The van der Waals surface area contributed by atoms with Crippen LogP contribution in [0.15, 0.2) is 48.8 Å². The van der Waals surface area contributed by atoms with Gasteiger partial charge in [-0.2, -0.15) is 0 Å². The van der Waals surface area contributed by atoms with Crippen LogP contribution in [0.3, 0.4) is 0 Å². The van der Waals surface area contributed by atoms with Crippen LogP contribution in [0.4, 0.5) is 11.5 Å². The first kappa shape index (κ1) is 17.4. The van der Waals surface area contributed by atoms with Crippen molar-refractivity contribution in [2.24, 2.45) is 5.92 Å². The SMILES string of the molecule is CC(C)CCn1ccc2c(NC(=O)c3ccc(N[N+]#N)nc3)cccc21. The van der Waals surface area contributed by atoms with Crippen molar-refractivity contribution in [2.75, 3.05) is 10.7 Å². The Morgan fingerprint density at radius 3 is 2.81 bits per heavy atom. The van der Waals surface area contributed by atoms with E-state index in [4.69, 9.17) is 5.39 Å². The second kappa shape index (κ2) is 7.66. The molecule has 2 heterocycles. The van der Waals surface area contributed by atoms with Gasteiger partial charge in [-0.3, -0.25) is 4.79 Å². The minimum absolute atomic E-state index is 0.243. The molecular weight excluding hydrogens is 328 g/mol. The quantitative estimate of drug-likeness (QED) is 0.506. The molecule has 0 unspecified atom stereocenters. The summed E-state index contributed by atoms with van der Waals surface area (Å²) in [5, 5.41) is 15.2. The minimum atomic E-state index is -0.243. The molecular formula is C19H21N6O+. The lowest BCUT2D eigenvalue weighted by atomic mass is 10.1. The summed E-state index contributed by atoms with van der Waals surface area (Å²) < 4.78 is 2.21. The van der Waals surface area contributed by atoms with Crippen LogP contribution < -0.4 is 10.7 Å². The number of pyridine rings is 1. The van der Waals surface area contributed by atoms with Gasteiger partial charge in [-0.25, -0.2) is 4.98 Å². The standard InChI is InChI=1S/C19H20N6O/c1-13(2)8-10-25-11-9-15-16(4-3-5-17(15)25)22-19(26)14-6-7-18(21-12-14)23-24-20/h3-7,9,11-13H,8,10H2,1-2H3,(H-,21,22,23,26)/p+1. The van der Waals surface area contributed by atoms with Crippen LogP contribution in [0.25, 0.3) is 16.0 Å². The Morgan fingerprint density at radius 2 is 2.12 bits per heavy atom. The van der Waals surface area contributed by atoms with Crippen LogP contribution >= 0.6 is 0 Å². The normalized spacial score (nSPS) is 10.7. The zero-order valence-electron chi connectivity index (χ0n) is 14.8. The Labute approximate surface area is 151 Å². The smallest absolute Gasteiger partial charge is 0.309 e. The van der Waals surface area contributed by atoms with Gasteiger partial charge in [-0.1, -0.05) is 19.9 Å². The third-order valence-corrected chi connectivity index (χ3v) is 4.20. The molecule has 0 fully saturated rings. The van der Waals surface area contributed by atoms with E-state index in [0.29, 0.717) is 17.3 Å². The van der Waals surface area contributed by atoms with E-state index in [1.54, 1.807) is 12.1 Å². The number of hydrogen-bond donors (Lipinski definition) is 2. The molecule has 1 aromatic carbocycles. The lowest BCUT2D eigenvalue weighted by Gasteiger charge is -2.10. The van der Waals surface area contributed by atoms with Gasteiger partial charge < -0.3 is 9.88 Å². The van der Waals surface area contributed by atoms with Crippen molar-refractivity contribution in [3.63, 3.8) is 0 Å². The van der Waals surface area contributed by atoms with Crippen LogP contribution in [-0.4, -0.2) is 15.5 Å². The second-order valence-corrected chi connectivity index (χ2v) is 6.53. The molecule has 2 N–H and O–H groups in total. The van der Waals surface area contributed by atoms with Crippen molar-refractivity contribution < 1.29 is 4.79 Å². The van der Waals surface area contributed by atoms with Gasteiger partial charge in [0.25, 0.3) is 11.3 Å². The predicted molar refractivity (Wildman–Crippen MR) is 102 cm³/mol. The molecule has 0 aliphatic rings. The Morgan fingerprint density at radius 1 is 1.27 bits per heavy atom. The molecule has 0 radical (unpaired) electrons. The van der Waals surface area contributed by atoms with Gasteiger partial charge >= 0.3 is 5.08 Å². The predicted octanol–water partition coefficient (Wildman–Crippen LogP) is 4.51. The number of rotatable bonds is 6. The number of diazo groups is 1. The largest absolute Gasteiger partial charge is 0.347 e. The maximum atomic E-state index is 12.5. The van der Waals surface area contributed by atoms with Crippen molar-refractivity contribution >= 4 is 28.3 Å². The van der Waals surface area contributed by atoms with Gasteiger partial charge in [0.15, 0.2) is 0 Å². The zero-order valence-corrected chi connectivity index (χ0v) is 14.8. The number of nitrogens with one attached hydrogen (secondary N) is 2. The molecule has 0 saturated heterocycles. The molecule has 3 rings (SSSR count). The number of fused-ring (bicyclic) bond motifs is 1. The van der Waals surface area contributed by atoms with Gasteiger partial charge in [0.05, 0.1) is 16.8 Å². The van der Waals surface area contributed by atoms with Crippen LogP contribution in [0.1, 0.15) is 30.6 Å². The minimum Gasteiger partial charge on any atom is -0.347 e. The lowest BCUT2D eigenvalue weighted by Crippen LogP contribution is -2.12. The number of carbonyl (C=O) groups is 1. The summed E-state index contributed by atoms with van der Waals surface area (Å²) in [7, 11) is 0. The average molecular weight is 349 g/mol. The molecule has 7 nitrogen and oxygen atoms in total. The van der Waals surface area contributed by atoms with Crippen molar-refractivity contribution in [3.05, 3.63) is 59.4 Å². The van der Waals surface area contributed by atoms with E-state index in [1.807, 2.05) is 18.2 Å². The third-order valence-electron chi connectivity index (χ3n) is 4.20. The average Bonchev–Trinajstić information content (AvgIpc) is 3.05. The summed E-state index contributed by atoms with van der Waals surface area (Å²) in [5.41, 5.74) is 4.60. The van der Waals surface area contributed by atoms with E-state index in [9.17, 15) is 4.79 Å². The summed E-state index contributed by atoms with van der Waals surface area (Å²) in [6.07, 6.45) is 4.59.